The number of carbonyl (C=O) groups is 2. The van der Waals surface area contributed by atoms with Crippen LogP contribution in [0.15, 0.2) is 35.7 Å². The quantitative estimate of drug-likeness (QED) is 0.833. The number of thiophene rings is 1. The molecule has 1 heterocycles. The average molecular weight is 318 g/mol. The lowest BCUT2D eigenvalue weighted by molar-refractivity contribution is -0.129. The fourth-order valence-electron chi connectivity index (χ4n) is 1.89. The molecule has 0 bridgehead atoms. The Morgan fingerprint density at radius 3 is 2.41 bits per heavy atom. The van der Waals surface area contributed by atoms with Crippen molar-refractivity contribution in [2.24, 2.45) is 0 Å². The largest absolute Gasteiger partial charge is 0.323 e. The van der Waals surface area contributed by atoms with Crippen molar-refractivity contribution < 1.29 is 14.4 Å². The Balaban J connectivity index is 1.91. The van der Waals surface area contributed by atoms with E-state index in [9.17, 15) is 9.59 Å². The topological polar surface area (TPSA) is 67.4 Å². The first kappa shape index (κ1) is 16.2. The highest BCUT2D eigenvalue weighted by atomic mass is 32.1. The maximum atomic E-state index is 12.1. The normalized spacial score (nSPS) is 11.8. The van der Waals surface area contributed by atoms with Gasteiger partial charge in [-0.1, -0.05) is 24.3 Å². The van der Waals surface area contributed by atoms with Crippen LogP contribution >= 0.6 is 11.3 Å². The van der Waals surface area contributed by atoms with E-state index in [1.807, 2.05) is 32.0 Å². The second kappa shape index (κ2) is 7.20. The van der Waals surface area contributed by atoms with E-state index in [0.717, 1.165) is 16.8 Å². The van der Waals surface area contributed by atoms with Crippen molar-refractivity contribution in [2.45, 2.75) is 26.9 Å². The van der Waals surface area contributed by atoms with Crippen LogP contribution in [0.3, 0.4) is 0 Å². The zero-order chi connectivity index (χ0) is 16.1. The number of rotatable bonds is 5. The molecule has 0 spiro atoms. The number of hydrogen-bond donors (Lipinski definition) is 2. The molecule has 0 saturated heterocycles. The molecule has 2 amide bonds. The average Bonchev–Trinajstić information content (AvgIpc) is 3.02. The number of hydrogen-bond acceptors (Lipinski definition) is 4. The Labute approximate surface area is 133 Å². The number of nitrogens with one attached hydrogen (secondary N) is 2. The van der Waals surface area contributed by atoms with E-state index in [1.165, 1.54) is 11.3 Å². The molecule has 0 aliphatic rings. The SMILES string of the molecule is Cc1cccc(C)c1NC(=O)C(C)ONC(=O)c1cccs1. The minimum Gasteiger partial charge on any atom is -0.323 e. The van der Waals surface area contributed by atoms with Gasteiger partial charge in [0.05, 0.1) is 4.88 Å². The highest BCUT2D eigenvalue weighted by Gasteiger charge is 2.17. The van der Waals surface area contributed by atoms with Gasteiger partial charge in [0.15, 0.2) is 6.10 Å². The minimum absolute atomic E-state index is 0.316. The van der Waals surface area contributed by atoms with Crippen LogP contribution in [0.2, 0.25) is 0 Å². The number of carbonyl (C=O) groups excluding carboxylic acids is 2. The second-order valence-corrected chi connectivity index (χ2v) is 5.87. The summed E-state index contributed by atoms with van der Waals surface area (Å²) >= 11 is 1.31. The van der Waals surface area contributed by atoms with E-state index in [-0.39, 0.29) is 11.8 Å². The molecule has 6 heteroatoms. The van der Waals surface area contributed by atoms with E-state index in [2.05, 4.69) is 10.8 Å². The zero-order valence-corrected chi connectivity index (χ0v) is 13.5. The van der Waals surface area contributed by atoms with Gasteiger partial charge in [0.2, 0.25) is 0 Å². The van der Waals surface area contributed by atoms with Crippen LogP contribution in [0.1, 0.15) is 27.7 Å². The third kappa shape index (κ3) is 3.93. The molecule has 0 fully saturated rings. The third-order valence-corrected chi connectivity index (χ3v) is 4.04. The molecule has 0 aliphatic carbocycles. The highest BCUT2D eigenvalue weighted by molar-refractivity contribution is 7.12. The van der Waals surface area contributed by atoms with Gasteiger partial charge in [-0.3, -0.25) is 14.4 Å². The summed E-state index contributed by atoms with van der Waals surface area (Å²) < 4.78 is 0. The van der Waals surface area contributed by atoms with E-state index < -0.39 is 6.10 Å². The van der Waals surface area contributed by atoms with Crippen molar-refractivity contribution in [3.8, 4) is 0 Å². The van der Waals surface area contributed by atoms with Crippen LogP contribution in [0, 0.1) is 13.8 Å². The number of hydroxylamine groups is 1. The van der Waals surface area contributed by atoms with Crippen LogP contribution in [-0.4, -0.2) is 17.9 Å². The minimum atomic E-state index is -0.803. The Kier molecular flexibility index (Phi) is 5.30. The Morgan fingerprint density at radius 1 is 1.14 bits per heavy atom. The van der Waals surface area contributed by atoms with Crippen LogP contribution < -0.4 is 10.8 Å². The van der Waals surface area contributed by atoms with Gasteiger partial charge in [-0.25, -0.2) is 5.48 Å². The molecule has 116 valence electrons. The summed E-state index contributed by atoms with van der Waals surface area (Å²) in [4.78, 5) is 29.5. The first-order chi connectivity index (χ1) is 10.5. The molecule has 1 aromatic heterocycles. The van der Waals surface area contributed by atoms with Crippen LogP contribution in [0.25, 0.3) is 0 Å². The second-order valence-electron chi connectivity index (χ2n) is 4.92. The molecule has 2 N–H and O–H groups in total. The van der Waals surface area contributed by atoms with Crippen LogP contribution in [0.4, 0.5) is 5.69 Å². The van der Waals surface area contributed by atoms with Crippen molar-refractivity contribution in [2.75, 3.05) is 5.32 Å². The van der Waals surface area contributed by atoms with Gasteiger partial charge in [0, 0.05) is 5.69 Å². The van der Waals surface area contributed by atoms with Gasteiger partial charge in [-0.2, -0.15) is 0 Å². The van der Waals surface area contributed by atoms with Crippen molar-refractivity contribution in [1.29, 1.82) is 0 Å². The molecule has 1 unspecified atom stereocenters. The van der Waals surface area contributed by atoms with Crippen molar-refractivity contribution in [3.05, 3.63) is 51.7 Å². The number of benzene rings is 1. The lowest BCUT2D eigenvalue weighted by Gasteiger charge is -2.16. The van der Waals surface area contributed by atoms with Crippen molar-refractivity contribution in [1.82, 2.24) is 5.48 Å². The van der Waals surface area contributed by atoms with Crippen molar-refractivity contribution >= 4 is 28.8 Å². The fourth-order valence-corrected chi connectivity index (χ4v) is 2.50. The molecule has 5 nitrogen and oxygen atoms in total. The summed E-state index contributed by atoms with van der Waals surface area (Å²) in [5.41, 5.74) is 5.01. The number of aryl methyl sites for hydroxylation is 2. The first-order valence-electron chi connectivity index (χ1n) is 6.85. The molecule has 2 rings (SSSR count). The predicted molar refractivity (Wildman–Crippen MR) is 86.9 cm³/mol. The van der Waals surface area contributed by atoms with Crippen molar-refractivity contribution in [3.63, 3.8) is 0 Å². The molecule has 0 saturated carbocycles. The molecule has 0 radical (unpaired) electrons. The maximum absolute atomic E-state index is 12.1. The van der Waals surface area contributed by atoms with Gasteiger partial charge in [0.25, 0.3) is 11.8 Å². The molecule has 2 aromatic rings. The highest BCUT2D eigenvalue weighted by Crippen LogP contribution is 2.19. The van der Waals surface area contributed by atoms with E-state index >= 15 is 0 Å². The third-order valence-electron chi connectivity index (χ3n) is 3.17. The summed E-state index contributed by atoms with van der Waals surface area (Å²) in [6.07, 6.45) is -0.803. The van der Waals surface area contributed by atoms with Gasteiger partial charge >= 0.3 is 0 Å². The number of para-hydroxylation sites is 1. The molecular weight excluding hydrogens is 300 g/mol. The summed E-state index contributed by atoms with van der Waals surface area (Å²) in [6.45, 7) is 5.43. The summed E-state index contributed by atoms with van der Waals surface area (Å²) in [5.74, 6) is -0.675. The van der Waals surface area contributed by atoms with Crippen LogP contribution in [0.5, 0.6) is 0 Å². The van der Waals surface area contributed by atoms with Gasteiger partial charge in [0.1, 0.15) is 0 Å². The summed E-state index contributed by atoms with van der Waals surface area (Å²) in [7, 11) is 0. The molecule has 1 aromatic carbocycles. The van der Waals surface area contributed by atoms with Gasteiger partial charge in [-0.15, -0.1) is 11.3 Å². The lowest BCUT2D eigenvalue weighted by atomic mass is 10.1. The van der Waals surface area contributed by atoms with Gasteiger partial charge < -0.3 is 5.32 Å². The molecular formula is C16H18N2O3S. The smallest absolute Gasteiger partial charge is 0.284 e. The fraction of sp³-hybridized carbons (Fsp3) is 0.250. The summed E-state index contributed by atoms with van der Waals surface area (Å²) in [5, 5.41) is 4.62. The predicted octanol–water partition coefficient (Wildman–Crippen LogP) is 3.05. The number of amides is 2. The monoisotopic (exact) mass is 318 g/mol. The first-order valence-corrected chi connectivity index (χ1v) is 7.73. The van der Waals surface area contributed by atoms with Gasteiger partial charge in [-0.05, 0) is 43.3 Å². The molecule has 22 heavy (non-hydrogen) atoms. The Morgan fingerprint density at radius 2 is 1.82 bits per heavy atom. The molecule has 0 aliphatic heterocycles. The number of anilines is 1. The van der Waals surface area contributed by atoms with Crippen LogP contribution in [-0.2, 0) is 9.63 Å². The van der Waals surface area contributed by atoms with E-state index in [4.69, 9.17) is 4.84 Å². The summed E-state index contributed by atoms with van der Waals surface area (Å²) in [6, 6.07) is 9.24. The zero-order valence-electron chi connectivity index (χ0n) is 12.7. The lowest BCUT2D eigenvalue weighted by Crippen LogP contribution is -2.35. The molecule has 1 atom stereocenters. The Hall–Kier alpha value is -2.18. The Bertz CT molecular complexity index is 648. The van der Waals surface area contributed by atoms with E-state index in [1.54, 1.807) is 24.4 Å². The van der Waals surface area contributed by atoms with E-state index in [0.29, 0.717) is 4.88 Å². The standard InChI is InChI=1S/C16H18N2O3S/c1-10-6-4-7-11(2)14(10)17-15(19)12(3)21-18-16(20)13-8-5-9-22-13/h4-9,12H,1-3H3,(H,17,19)(H,18,20). The maximum Gasteiger partial charge on any atom is 0.284 e.